The lowest BCUT2D eigenvalue weighted by Crippen LogP contribution is -1.80. The van der Waals surface area contributed by atoms with Crippen LogP contribution in [0.15, 0.2) is 59.1 Å². The topological polar surface area (TPSA) is 73.7 Å². The fourth-order valence-corrected chi connectivity index (χ4v) is 2.04. The summed E-state index contributed by atoms with van der Waals surface area (Å²) in [5.41, 5.74) is 4.34. The smallest absolute Gasteiger partial charge is 0.167 e. The van der Waals surface area contributed by atoms with Crippen LogP contribution in [0.5, 0.6) is 0 Å². The van der Waals surface area contributed by atoms with Crippen LogP contribution in [0, 0.1) is 10.8 Å². The van der Waals surface area contributed by atoms with E-state index < -0.39 is 0 Å². The molecular weight excluding hydrogens is 262 g/mol. The Balaban J connectivity index is 1.90. The zero-order chi connectivity index (χ0) is 14.7. The molecule has 4 nitrogen and oxygen atoms in total. The third-order valence-corrected chi connectivity index (χ3v) is 3.25. The lowest BCUT2D eigenvalue weighted by Gasteiger charge is -1.96. The molecule has 0 aliphatic carbocycles. The number of aromatic nitrogens is 1. The van der Waals surface area contributed by atoms with Crippen molar-refractivity contribution in [3.05, 3.63) is 65.7 Å². The van der Waals surface area contributed by atoms with Crippen molar-refractivity contribution in [2.24, 2.45) is 0 Å². The third kappa shape index (κ3) is 2.65. The van der Waals surface area contributed by atoms with Crippen molar-refractivity contribution in [1.29, 1.82) is 10.8 Å². The number of nitrogens with one attached hydrogen (secondary N) is 2. The van der Waals surface area contributed by atoms with Crippen LogP contribution >= 0.6 is 0 Å². The highest BCUT2D eigenvalue weighted by molar-refractivity contribution is 5.79. The van der Waals surface area contributed by atoms with Gasteiger partial charge >= 0.3 is 0 Å². The van der Waals surface area contributed by atoms with Gasteiger partial charge in [0.25, 0.3) is 0 Å². The second kappa shape index (κ2) is 5.54. The Kier molecular flexibility index (Phi) is 3.43. The van der Waals surface area contributed by atoms with Gasteiger partial charge in [-0.15, -0.1) is 0 Å². The molecule has 0 atom stereocenters. The Bertz CT molecular complexity index is 705. The standard InChI is InChI=1S/C17H13N3O/c18-10-12-1-5-14(6-2-12)16-9-17(21-20-16)15-7-3-13(11-19)4-8-15/h1-11,18-19H. The number of rotatable bonds is 4. The molecule has 2 N–H and O–H groups in total. The van der Waals surface area contributed by atoms with Gasteiger partial charge in [-0.05, 0) is 11.1 Å². The van der Waals surface area contributed by atoms with E-state index in [1.807, 2.05) is 54.6 Å². The van der Waals surface area contributed by atoms with Gasteiger partial charge in [0, 0.05) is 29.6 Å². The summed E-state index contributed by atoms with van der Waals surface area (Å²) in [6.45, 7) is 0. The molecule has 0 saturated carbocycles. The summed E-state index contributed by atoms with van der Waals surface area (Å²) in [5.74, 6) is 0.692. The molecule has 3 aromatic rings. The number of hydrogen-bond acceptors (Lipinski definition) is 4. The molecule has 0 unspecified atom stereocenters. The molecule has 0 aliphatic heterocycles. The minimum atomic E-state index is 0.692. The minimum Gasteiger partial charge on any atom is -0.356 e. The van der Waals surface area contributed by atoms with Crippen molar-refractivity contribution < 1.29 is 4.52 Å². The van der Waals surface area contributed by atoms with E-state index in [0.717, 1.165) is 27.9 Å². The van der Waals surface area contributed by atoms with Gasteiger partial charge in [-0.25, -0.2) is 0 Å². The van der Waals surface area contributed by atoms with Crippen molar-refractivity contribution in [3.8, 4) is 22.6 Å². The van der Waals surface area contributed by atoms with Crippen LogP contribution in [0.3, 0.4) is 0 Å². The molecule has 2 aromatic carbocycles. The summed E-state index contributed by atoms with van der Waals surface area (Å²) >= 11 is 0. The summed E-state index contributed by atoms with van der Waals surface area (Å²) in [4.78, 5) is 0. The van der Waals surface area contributed by atoms with Gasteiger partial charge in [0.2, 0.25) is 0 Å². The number of benzene rings is 2. The van der Waals surface area contributed by atoms with Gasteiger partial charge in [0.15, 0.2) is 5.76 Å². The second-order valence-corrected chi connectivity index (χ2v) is 4.61. The van der Waals surface area contributed by atoms with E-state index in [1.165, 1.54) is 12.4 Å². The Labute approximate surface area is 122 Å². The van der Waals surface area contributed by atoms with Gasteiger partial charge in [-0.3, -0.25) is 0 Å². The van der Waals surface area contributed by atoms with Crippen LogP contribution in [0.2, 0.25) is 0 Å². The minimum absolute atomic E-state index is 0.692. The molecule has 0 fully saturated rings. The first-order valence-corrected chi connectivity index (χ1v) is 6.49. The van der Waals surface area contributed by atoms with Gasteiger partial charge in [-0.1, -0.05) is 53.7 Å². The molecule has 102 valence electrons. The molecule has 21 heavy (non-hydrogen) atoms. The SMILES string of the molecule is N=Cc1ccc(-c2cc(-c3ccc(C=N)cc3)on2)cc1. The highest BCUT2D eigenvalue weighted by Gasteiger charge is 2.08. The van der Waals surface area contributed by atoms with Crippen LogP contribution in [0.1, 0.15) is 11.1 Å². The van der Waals surface area contributed by atoms with E-state index in [2.05, 4.69) is 5.16 Å². The fourth-order valence-electron chi connectivity index (χ4n) is 2.04. The van der Waals surface area contributed by atoms with Crippen LogP contribution in [0.4, 0.5) is 0 Å². The largest absolute Gasteiger partial charge is 0.356 e. The van der Waals surface area contributed by atoms with E-state index in [0.29, 0.717) is 5.76 Å². The lowest BCUT2D eigenvalue weighted by molar-refractivity contribution is 0.435. The summed E-state index contributed by atoms with van der Waals surface area (Å²) < 4.78 is 5.38. The lowest BCUT2D eigenvalue weighted by atomic mass is 10.1. The molecule has 0 bridgehead atoms. The maximum absolute atomic E-state index is 7.19. The van der Waals surface area contributed by atoms with E-state index in [1.54, 1.807) is 0 Å². The molecular formula is C17H13N3O. The van der Waals surface area contributed by atoms with Crippen LogP contribution in [-0.2, 0) is 0 Å². The molecule has 1 heterocycles. The van der Waals surface area contributed by atoms with Crippen molar-refractivity contribution >= 4 is 12.4 Å². The van der Waals surface area contributed by atoms with E-state index in [-0.39, 0.29) is 0 Å². The molecule has 4 heteroatoms. The predicted octanol–water partition coefficient (Wildman–Crippen LogP) is 4.00. The van der Waals surface area contributed by atoms with Gasteiger partial charge in [0.05, 0.1) is 0 Å². The fraction of sp³-hybridized carbons (Fsp3) is 0. The monoisotopic (exact) mass is 275 g/mol. The maximum Gasteiger partial charge on any atom is 0.167 e. The maximum atomic E-state index is 7.19. The highest BCUT2D eigenvalue weighted by atomic mass is 16.5. The Morgan fingerprint density at radius 1 is 0.762 bits per heavy atom. The van der Waals surface area contributed by atoms with Crippen LogP contribution < -0.4 is 0 Å². The molecule has 0 amide bonds. The first-order chi connectivity index (χ1) is 10.3. The average molecular weight is 275 g/mol. The zero-order valence-corrected chi connectivity index (χ0v) is 11.2. The molecule has 1 aromatic heterocycles. The first kappa shape index (κ1) is 13.0. The van der Waals surface area contributed by atoms with E-state index in [9.17, 15) is 0 Å². The normalized spacial score (nSPS) is 10.3. The van der Waals surface area contributed by atoms with Gasteiger partial charge < -0.3 is 15.3 Å². The third-order valence-electron chi connectivity index (χ3n) is 3.25. The highest BCUT2D eigenvalue weighted by Crippen LogP contribution is 2.26. The van der Waals surface area contributed by atoms with E-state index in [4.69, 9.17) is 15.3 Å². The number of hydrogen-bond donors (Lipinski definition) is 2. The van der Waals surface area contributed by atoms with E-state index >= 15 is 0 Å². The number of nitrogens with zero attached hydrogens (tertiary/aromatic N) is 1. The molecule has 0 radical (unpaired) electrons. The average Bonchev–Trinajstić information content (AvgIpc) is 3.05. The van der Waals surface area contributed by atoms with Gasteiger partial charge in [0.1, 0.15) is 5.69 Å². The Hall–Kier alpha value is -3.01. The Morgan fingerprint density at radius 3 is 1.81 bits per heavy atom. The summed E-state index contributed by atoms with van der Waals surface area (Å²) in [6.07, 6.45) is 2.61. The second-order valence-electron chi connectivity index (χ2n) is 4.61. The quantitative estimate of drug-likeness (QED) is 0.706. The molecule has 0 saturated heterocycles. The van der Waals surface area contributed by atoms with Crippen molar-refractivity contribution in [2.45, 2.75) is 0 Å². The van der Waals surface area contributed by atoms with Crippen LogP contribution in [0.25, 0.3) is 22.6 Å². The van der Waals surface area contributed by atoms with Crippen molar-refractivity contribution in [1.82, 2.24) is 5.16 Å². The van der Waals surface area contributed by atoms with Crippen molar-refractivity contribution in [2.75, 3.05) is 0 Å². The zero-order valence-electron chi connectivity index (χ0n) is 11.2. The summed E-state index contributed by atoms with van der Waals surface area (Å²) in [5, 5.41) is 18.5. The first-order valence-electron chi connectivity index (χ1n) is 6.49. The predicted molar refractivity (Wildman–Crippen MR) is 83.1 cm³/mol. The molecule has 0 spiro atoms. The Morgan fingerprint density at radius 2 is 1.29 bits per heavy atom. The molecule has 0 aliphatic rings. The van der Waals surface area contributed by atoms with Crippen molar-refractivity contribution in [3.63, 3.8) is 0 Å². The summed E-state index contributed by atoms with van der Waals surface area (Å²) in [7, 11) is 0. The molecule has 3 rings (SSSR count). The summed E-state index contributed by atoms with van der Waals surface area (Å²) in [6, 6.07) is 17.0. The van der Waals surface area contributed by atoms with Gasteiger partial charge in [-0.2, -0.15) is 0 Å². The van der Waals surface area contributed by atoms with Crippen LogP contribution in [-0.4, -0.2) is 17.6 Å².